The summed E-state index contributed by atoms with van der Waals surface area (Å²) in [6.45, 7) is 9.04. The van der Waals surface area contributed by atoms with Gasteiger partial charge in [0.05, 0.1) is 11.8 Å². The van der Waals surface area contributed by atoms with Crippen molar-refractivity contribution in [3.63, 3.8) is 0 Å². The van der Waals surface area contributed by atoms with Crippen molar-refractivity contribution < 1.29 is 14.7 Å². The summed E-state index contributed by atoms with van der Waals surface area (Å²) in [6, 6.07) is 0. The Morgan fingerprint density at radius 1 is 1.21 bits per heavy atom. The minimum absolute atomic E-state index is 0.0733. The molecular weight excluding hydrogens is 242 g/mol. The molecule has 4 nitrogen and oxygen atoms in total. The Morgan fingerprint density at radius 3 is 2.26 bits per heavy atom. The predicted octanol–water partition coefficient (Wildman–Crippen LogP) is 2.53. The summed E-state index contributed by atoms with van der Waals surface area (Å²) < 4.78 is 0. The first-order chi connectivity index (χ1) is 8.86. The highest BCUT2D eigenvalue weighted by molar-refractivity contribution is 5.85. The zero-order valence-electron chi connectivity index (χ0n) is 12.5. The number of amides is 1. The fourth-order valence-electron chi connectivity index (χ4n) is 2.67. The molecule has 0 aromatic carbocycles. The van der Waals surface area contributed by atoms with Gasteiger partial charge in [0.25, 0.3) is 0 Å². The highest BCUT2D eigenvalue weighted by Gasteiger charge is 2.41. The Hall–Kier alpha value is -1.06. The third-order valence-corrected chi connectivity index (χ3v) is 4.63. The Labute approximate surface area is 116 Å². The van der Waals surface area contributed by atoms with Gasteiger partial charge in [0, 0.05) is 6.54 Å². The van der Waals surface area contributed by atoms with E-state index in [0.717, 1.165) is 12.8 Å². The smallest absolute Gasteiger partial charge is 0.307 e. The molecule has 1 saturated carbocycles. The van der Waals surface area contributed by atoms with Gasteiger partial charge in [-0.2, -0.15) is 0 Å². The minimum atomic E-state index is -0.826. The summed E-state index contributed by atoms with van der Waals surface area (Å²) in [5.74, 6) is -0.442. The van der Waals surface area contributed by atoms with Crippen LogP contribution in [0.25, 0.3) is 0 Å². The third kappa shape index (κ3) is 4.22. The van der Waals surface area contributed by atoms with E-state index in [4.69, 9.17) is 0 Å². The first-order valence-electron chi connectivity index (χ1n) is 7.37. The van der Waals surface area contributed by atoms with Crippen LogP contribution in [0.2, 0.25) is 0 Å². The van der Waals surface area contributed by atoms with Gasteiger partial charge in [0.15, 0.2) is 0 Å². The molecule has 0 spiro atoms. The fourth-order valence-corrected chi connectivity index (χ4v) is 2.67. The van der Waals surface area contributed by atoms with E-state index in [-0.39, 0.29) is 11.8 Å². The average Bonchev–Trinajstić information content (AvgIpc) is 2.79. The molecule has 4 atom stereocenters. The van der Waals surface area contributed by atoms with Crippen molar-refractivity contribution in [1.82, 2.24) is 5.32 Å². The van der Waals surface area contributed by atoms with Gasteiger partial charge < -0.3 is 10.4 Å². The minimum Gasteiger partial charge on any atom is -0.481 e. The largest absolute Gasteiger partial charge is 0.481 e. The molecule has 0 heterocycles. The number of nitrogens with one attached hydrogen (secondary N) is 1. The Bertz CT molecular complexity index is 327. The van der Waals surface area contributed by atoms with Crippen molar-refractivity contribution in [2.24, 2.45) is 29.6 Å². The van der Waals surface area contributed by atoms with E-state index in [0.29, 0.717) is 30.7 Å². The Balaban J connectivity index is 2.56. The molecule has 0 bridgehead atoms. The molecular formula is C15H27NO3. The molecule has 1 amide bonds. The van der Waals surface area contributed by atoms with Crippen LogP contribution in [0.15, 0.2) is 0 Å². The number of rotatable bonds is 6. The van der Waals surface area contributed by atoms with Crippen LogP contribution >= 0.6 is 0 Å². The number of hydrogen-bond acceptors (Lipinski definition) is 2. The average molecular weight is 269 g/mol. The maximum atomic E-state index is 12.2. The number of aliphatic carboxylic acids is 1. The van der Waals surface area contributed by atoms with Crippen LogP contribution in [-0.2, 0) is 9.59 Å². The van der Waals surface area contributed by atoms with Crippen molar-refractivity contribution >= 4 is 11.9 Å². The summed E-state index contributed by atoms with van der Waals surface area (Å²) >= 11 is 0. The maximum absolute atomic E-state index is 12.2. The molecule has 0 radical (unpaired) electrons. The molecule has 1 aliphatic rings. The summed E-state index contributed by atoms with van der Waals surface area (Å²) in [7, 11) is 0. The van der Waals surface area contributed by atoms with Gasteiger partial charge in [-0.1, -0.05) is 34.1 Å². The summed E-state index contributed by atoms with van der Waals surface area (Å²) in [4.78, 5) is 23.4. The lowest BCUT2D eigenvalue weighted by Gasteiger charge is -2.19. The van der Waals surface area contributed by atoms with Gasteiger partial charge >= 0.3 is 5.97 Å². The van der Waals surface area contributed by atoms with Gasteiger partial charge in [0.2, 0.25) is 5.91 Å². The molecule has 4 heteroatoms. The van der Waals surface area contributed by atoms with E-state index in [1.807, 2.05) is 0 Å². The van der Waals surface area contributed by atoms with Crippen molar-refractivity contribution in [1.29, 1.82) is 0 Å². The maximum Gasteiger partial charge on any atom is 0.307 e. The monoisotopic (exact) mass is 269 g/mol. The standard InChI is InChI=1S/C15H27NO3/c1-5-11-6-12(13(7-11)15(18)19)14(17)16-8-10(4)9(2)3/h9-13H,5-8H2,1-4H3,(H,16,17)(H,18,19)/t10?,11?,12-,13+/m0/s1. The van der Waals surface area contributed by atoms with E-state index in [1.54, 1.807) is 0 Å². The van der Waals surface area contributed by atoms with Crippen LogP contribution in [0.4, 0.5) is 0 Å². The van der Waals surface area contributed by atoms with E-state index in [9.17, 15) is 14.7 Å². The van der Waals surface area contributed by atoms with Crippen LogP contribution < -0.4 is 5.32 Å². The lowest BCUT2D eigenvalue weighted by Crippen LogP contribution is -2.38. The Kier molecular flexibility index (Phi) is 5.83. The summed E-state index contributed by atoms with van der Waals surface area (Å²) in [5, 5.41) is 12.2. The Morgan fingerprint density at radius 2 is 1.79 bits per heavy atom. The van der Waals surface area contributed by atoms with Gasteiger partial charge in [0.1, 0.15) is 0 Å². The molecule has 2 unspecified atom stereocenters. The molecule has 0 aliphatic heterocycles. The van der Waals surface area contributed by atoms with Crippen molar-refractivity contribution in [2.75, 3.05) is 6.54 Å². The second-order valence-corrected chi connectivity index (χ2v) is 6.26. The van der Waals surface area contributed by atoms with Crippen LogP contribution in [0.5, 0.6) is 0 Å². The lowest BCUT2D eigenvalue weighted by molar-refractivity contribution is -0.146. The quantitative estimate of drug-likeness (QED) is 0.778. The van der Waals surface area contributed by atoms with Crippen LogP contribution in [0, 0.1) is 29.6 Å². The highest BCUT2D eigenvalue weighted by atomic mass is 16.4. The topological polar surface area (TPSA) is 66.4 Å². The van der Waals surface area contributed by atoms with Crippen molar-refractivity contribution in [3.05, 3.63) is 0 Å². The predicted molar refractivity (Wildman–Crippen MR) is 74.6 cm³/mol. The van der Waals surface area contributed by atoms with Gasteiger partial charge in [-0.3, -0.25) is 9.59 Å². The van der Waals surface area contributed by atoms with Gasteiger partial charge in [-0.25, -0.2) is 0 Å². The SMILES string of the molecule is CCC1C[C@H](C(=O)NCC(C)C(C)C)[C@H](C(=O)O)C1. The van der Waals surface area contributed by atoms with Gasteiger partial charge in [-0.05, 0) is 30.6 Å². The summed E-state index contributed by atoms with van der Waals surface area (Å²) in [6.07, 6.45) is 2.31. The molecule has 1 rings (SSSR count). The first-order valence-corrected chi connectivity index (χ1v) is 7.37. The van der Waals surface area contributed by atoms with Crippen LogP contribution in [0.1, 0.15) is 47.0 Å². The second-order valence-electron chi connectivity index (χ2n) is 6.26. The third-order valence-electron chi connectivity index (χ3n) is 4.63. The fraction of sp³-hybridized carbons (Fsp3) is 0.867. The molecule has 0 aromatic rings. The normalized spacial score (nSPS) is 28.4. The van der Waals surface area contributed by atoms with Crippen molar-refractivity contribution in [2.45, 2.75) is 47.0 Å². The number of carbonyl (C=O) groups is 2. The highest BCUT2D eigenvalue weighted by Crippen LogP contribution is 2.38. The molecule has 2 N–H and O–H groups in total. The van der Waals surface area contributed by atoms with E-state index < -0.39 is 11.9 Å². The summed E-state index contributed by atoms with van der Waals surface area (Å²) in [5.41, 5.74) is 0. The van der Waals surface area contributed by atoms with Crippen LogP contribution in [0.3, 0.4) is 0 Å². The van der Waals surface area contributed by atoms with E-state index in [1.165, 1.54) is 0 Å². The first kappa shape index (κ1) is 16.0. The molecule has 0 aromatic heterocycles. The molecule has 19 heavy (non-hydrogen) atoms. The molecule has 1 aliphatic carbocycles. The van der Waals surface area contributed by atoms with E-state index in [2.05, 4.69) is 33.0 Å². The molecule has 1 fully saturated rings. The lowest BCUT2D eigenvalue weighted by atomic mass is 9.94. The molecule has 0 saturated heterocycles. The number of carboxylic acid groups (broad SMARTS) is 1. The molecule has 110 valence electrons. The van der Waals surface area contributed by atoms with Gasteiger partial charge in [-0.15, -0.1) is 0 Å². The second kappa shape index (κ2) is 6.92. The number of hydrogen-bond donors (Lipinski definition) is 2. The van der Waals surface area contributed by atoms with Crippen molar-refractivity contribution in [3.8, 4) is 0 Å². The van der Waals surface area contributed by atoms with E-state index >= 15 is 0 Å². The number of carbonyl (C=O) groups excluding carboxylic acids is 1. The number of carboxylic acids is 1. The zero-order valence-corrected chi connectivity index (χ0v) is 12.5. The van der Waals surface area contributed by atoms with Crippen LogP contribution in [-0.4, -0.2) is 23.5 Å². The zero-order chi connectivity index (χ0) is 14.6.